The monoisotopic (exact) mass is 349 g/mol. The third kappa shape index (κ3) is 2.48. The minimum Gasteiger partial charge on any atom is -0.357 e. The highest BCUT2D eigenvalue weighted by Crippen LogP contribution is 2.32. The molecule has 0 bridgehead atoms. The summed E-state index contributed by atoms with van der Waals surface area (Å²) in [6, 6.07) is 7.75. The van der Waals surface area contributed by atoms with Crippen LogP contribution in [0.3, 0.4) is 0 Å². The summed E-state index contributed by atoms with van der Waals surface area (Å²) in [7, 11) is 0. The van der Waals surface area contributed by atoms with Crippen LogP contribution in [0.25, 0.3) is 10.9 Å². The minimum atomic E-state index is 0.605. The van der Waals surface area contributed by atoms with Crippen LogP contribution in [0.1, 0.15) is 24.8 Å². The SMILES string of the molecule is N#Cc1cc(N2CCCCC2)nc2c(Br)cc(Cl)cc12. The molecule has 102 valence electrons. The maximum atomic E-state index is 9.39. The summed E-state index contributed by atoms with van der Waals surface area (Å²) in [5.41, 5.74) is 1.42. The number of halogens is 2. The summed E-state index contributed by atoms with van der Waals surface area (Å²) in [5, 5.41) is 10.8. The number of piperidine rings is 1. The van der Waals surface area contributed by atoms with E-state index in [4.69, 9.17) is 16.6 Å². The molecule has 1 fully saturated rings. The standard InChI is InChI=1S/C15H13BrClN3/c16-13-8-11(17)7-12-10(9-18)6-14(19-15(12)13)20-4-2-1-3-5-20/h6-8H,1-5H2. The molecule has 2 aromatic rings. The first-order chi connectivity index (χ1) is 9.69. The lowest BCUT2D eigenvalue weighted by atomic mass is 10.1. The fraction of sp³-hybridized carbons (Fsp3) is 0.333. The van der Waals surface area contributed by atoms with Gasteiger partial charge < -0.3 is 4.90 Å². The normalized spacial score (nSPS) is 15.3. The Hall–Kier alpha value is -1.31. The maximum absolute atomic E-state index is 9.39. The van der Waals surface area contributed by atoms with E-state index in [9.17, 15) is 5.26 Å². The first kappa shape index (κ1) is 13.7. The van der Waals surface area contributed by atoms with E-state index in [0.29, 0.717) is 10.6 Å². The highest BCUT2D eigenvalue weighted by Gasteiger charge is 2.16. The Morgan fingerprint density at radius 1 is 1.20 bits per heavy atom. The summed E-state index contributed by atoms with van der Waals surface area (Å²) in [4.78, 5) is 6.97. The Bertz CT molecular complexity index is 702. The average molecular weight is 351 g/mol. The molecule has 0 N–H and O–H groups in total. The Kier molecular flexibility index (Phi) is 3.82. The van der Waals surface area contributed by atoms with Crippen molar-refractivity contribution in [3.8, 4) is 6.07 Å². The highest BCUT2D eigenvalue weighted by molar-refractivity contribution is 9.10. The van der Waals surface area contributed by atoms with Gasteiger partial charge in [0, 0.05) is 28.0 Å². The van der Waals surface area contributed by atoms with Crippen LogP contribution < -0.4 is 4.90 Å². The largest absolute Gasteiger partial charge is 0.357 e. The van der Waals surface area contributed by atoms with Crippen LogP contribution in [0.2, 0.25) is 5.02 Å². The van der Waals surface area contributed by atoms with Gasteiger partial charge >= 0.3 is 0 Å². The lowest BCUT2D eigenvalue weighted by Crippen LogP contribution is -2.30. The number of aromatic nitrogens is 1. The Morgan fingerprint density at radius 3 is 2.65 bits per heavy atom. The Balaban J connectivity index is 2.18. The van der Waals surface area contributed by atoms with Crippen LogP contribution in [0.4, 0.5) is 5.82 Å². The van der Waals surface area contributed by atoms with E-state index in [2.05, 4.69) is 26.9 Å². The van der Waals surface area contributed by atoms with E-state index < -0.39 is 0 Å². The number of pyridine rings is 1. The third-order valence-electron chi connectivity index (χ3n) is 3.62. The van der Waals surface area contributed by atoms with Gasteiger partial charge in [-0.1, -0.05) is 11.6 Å². The van der Waals surface area contributed by atoms with E-state index in [1.54, 1.807) is 6.07 Å². The lowest BCUT2D eigenvalue weighted by Gasteiger charge is -2.28. The molecule has 1 saturated heterocycles. The smallest absolute Gasteiger partial charge is 0.130 e. The van der Waals surface area contributed by atoms with E-state index in [1.165, 1.54) is 19.3 Å². The molecule has 0 aliphatic carbocycles. The fourth-order valence-electron chi connectivity index (χ4n) is 2.62. The third-order valence-corrected chi connectivity index (χ3v) is 4.44. The van der Waals surface area contributed by atoms with E-state index in [0.717, 1.165) is 34.3 Å². The van der Waals surface area contributed by atoms with Gasteiger partial charge in [0.2, 0.25) is 0 Å². The molecular formula is C15H13BrClN3. The number of nitrogens with zero attached hydrogens (tertiary/aromatic N) is 3. The van der Waals surface area contributed by atoms with E-state index >= 15 is 0 Å². The molecule has 20 heavy (non-hydrogen) atoms. The molecule has 0 spiro atoms. The predicted molar refractivity (Wildman–Crippen MR) is 85.2 cm³/mol. The Labute approximate surface area is 131 Å². The van der Waals surface area contributed by atoms with Crippen molar-refractivity contribution < 1.29 is 0 Å². The summed E-state index contributed by atoms with van der Waals surface area (Å²) in [5.74, 6) is 0.886. The number of anilines is 1. The van der Waals surface area contributed by atoms with Gasteiger partial charge in [-0.25, -0.2) is 4.98 Å². The first-order valence-electron chi connectivity index (χ1n) is 6.64. The number of hydrogen-bond acceptors (Lipinski definition) is 3. The first-order valence-corrected chi connectivity index (χ1v) is 7.81. The van der Waals surface area contributed by atoms with Gasteiger partial charge in [-0.3, -0.25) is 0 Å². The van der Waals surface area contributed by atoms with Crippen molar-refractivity contribution >= 4 is 44.3 Å². The van der Waals surface area contributed by atoms with Gasteiger partial charge in [-0.2, -0.15) is 5.26 Å². The van der Waals surface area contributed by atoms with E-state index in [-0.39, 0.29) is 0 Å². The molecule has 1 aromatic heterocycles. The van der Waals surface area contributed by atoms with Gasteiger partial charge in [0.05, 0.1) is 17.1 Å². The molecule has 0 radical (unpaired) electrons. The summed E-state index contributed by atoms with van der Waals surface area (Å²) in [6.45, 7) is 2.02. The van der Waals surface area contributed by atoms with Crippen LogP contribution >= 0.6 is 27.5 Å². The van der Waals surface area contributed by atoms with Crippen molar-refractivity contribution in [2.45, 2.75) is 19.3 Å². The second-order valence-corrected chi connectivity index (χ2v) is 6.26. The zero-order chi connectivity index (χ0) is 14.1. The van der Waals surface area contributed by atoms with Crippen molar-refractivity contribution in [3.63, 3.8) is 0 Å². The van der Waals surface area contributed by atoms with Crippen LogP contribution in [0.15, 0.2) is 22.7 Å². The zero-order valence-corrected chi connectivity index (χ0v) is 13.2. The van der Waals surface area contributed by atoms with Crippen LogP contribution in [0, 0.1) is 11.3 Å². The van der Waals surface area contributed by atoms with Crippen molar-refractivity contribution in [2.75, 3.05) is 18.0 Å². The van der Waals surface area contributed by atoms with Gasteiger partial charge in [-0.05, 0) is 53.4 Å². The lowest BCUT2D eigenvalue weighted by molar-refractivity contribution is 0.574. The average Bonchev–Trinajstić information content (AvgIpc) is 2.47. The maximum Gasteiger partial charge on any atom is 0.130 e. The molecule has 5 heteroatoms. The molecule has 3 nitrogen and oxygen atoms in total. The van der Waals surface area contributed by atoms with E-state index in [1.807, 2.05) is 12.1 Å². The predicted octanol–water partition coefficient (Wildman–Crippen LogP) is 4.51. The van der Waals surface area contributed by atoms with Crippen LogP contribution in [0.5, 0.6) is 0 Å². The van der Waals surface area contributed by atoms with Gasteiger partial charge in [-0.15, -0.1) is 0 Å². The number of benzene rings is 1. The fourth-order valence-corrected chi connectivity index (χ4v) is 3.51. The van der Waals surface area contributed by atoms with Crippen molar-refractivity contribution in [3.05, 3.63) is 33.3 Å². The van der Waals surface area contributed by atoms with Gasteiger partial charge in [0.15, 0.2) is 0 Å². The molecular weight excluding hydrogens is 338 g/mol. The summed E-state index contributed by atoms with van der Waals surface area (Å²) >= 11 is 9.56. The number of rotatable bonds is 1. The van der Waals surface area contributed by atoms with Gasteiger partial charge in [0.25, 0.3) is 0 Å². The summed E-state index contributed by atoms with van der Waals surface area (Å²) < 4.78 is 0.829. The number of nitriles is 1. The quantitative estimate of drug-likeness (QED) is 0.759. The molecule has 0 unspecified atom stereocenters. The van der Waals surface area contributed by atoms with Crippen molar-refractivity contribution in [1.82, 2.24) is 4.98 Å². The molecule has 1 aliphatic heterocycles. The van der Waals surface area contributed by atoms with Crippen molar-refractivity contribution in [2.24, 2.45) is 0 Å². The van der Waals surface area contributed by atoms with Crippen LogP contribution in [-0.2, 0) is 0 Å². The van der Waals surface area contributed by atoms with Crippen molar-refractivity contribution in [1.29, 1.82) is 5.26 Å². The summed E-state index contributed by atoms with van der Waals surface area (Å²) in [6.07, 6.45) is 3.64. The molecule has 0 atom stereocenters. The Morgan fingerprint density at radius 2 is 1.95 bits per heavy atom. The topological polar surface area (TPSA) is 39.9 Å². The second-order valence-electron chi connectivity index (χ2n) is 4.97. The van der Waals surface area contributed by atoms with Crippen LogP contribution in [-0.4, -0.2) is 18.1 Å². The molecule has 1 aliphatic rings. The number of fused-ring (bicyclic) bond motifs is 1. The molecule has 2 heterocycles. The highest BCUT2D eigenvalue weighted by atomic mass is 79.9. The minimum absolute atomic E-state index is 0.605. The number of hydrogen-bond donors (Lipinski definition) is 0. The zero-order valence-electron chi connectivity index (χ0n) is 10.9. The molecule has 0 amide bonds. The molecule has 1 aromatic carbocycles. The molecule has 3 rings (SSSR count). The second kappa shape index (κ2) is 5.59. The van der Waals surface area contributed by atoms with Gasteiger partial charge in [0.1, 0.15) is 5.82 Å². The molecule has 0 saturated carbocycles.